The van der Waals surface area contributed by atoms with Crippen LogP contribution in [0.4, 0.5) is 21.2 Å². The van der Waals surface area contributed by atoms with Gasteiger partial charge in [0.2, 0.25) is 0 Å². The lowest BCUT2D eigenvalue weighted by molar-refractivity contribution is -0.116. The number of para-hydroxylation sites is 1. The first-order valence-electron chi connectivity index (χ1n) is 11.7. The van der Waals surface area contributed by atoms with Crippen molar-refractivity contribution in [2.24, 2.45) is 0 Å². The minimum absolute atomic E-state index is 0.00742. The van der Waals surface area contributed by atoms with E-state index in [2.05, 4.69) is 67.7 Å². The molecule has 0 spiro atoms. The Labute approximate surface area is 245 Å². The maximum Gasteiger partial charge on any atom is 0.418 e. The third kappa shape index (κ3) is 8.51. The van der Waals surface area contributed by atoms with Crippen LogP contribution in [0.2, 0.25) is 0 Å². The van der Waals surface area contributed by atoms with Crippen molar-refractivity contribution in [1.82, 2.24) is 25.3 Å². The molecule has 0 atom stereocenters. The molecule has 0 aliphatic rings. The van der Waals surface area contributed by atoms with Crippen LogP contribution in [0.1, 0.15) is 6.92 Å². The van der Waals surface area contributed by atoms with Crippen molar-refractivity contribution in [2.45, 2.75) is 6.92 Å². The number of fused-ring (bicyclic) bond motifs is 2. The molecule has 5 rings (SSSR count). The number of carbonyl (C=O) groups excluding carboxylic acids is 3. The molecule has 4 heterocycles. The molecule has 0 bridgehead atoms. The third-order valence-electron chi connectivity index (χ3n) is 4.93. The summed E-state index contributed by atoms with van der Waals surface area (Å²) in [6.45, 7) is 1.39. The van der Waals surface area contributed by atoms with Crippen LogP contribution in [0.15, 0.2) is 88.1 Å². The molecule has 3 N–H and O–H groups in total. The molecule has 11 nitrogen and oxygen atoms in total. The lowest BCUT2D eigenvalue weighted by atomic mass is 10.3. The number of carbonyl (C=O) groups is 3. The van der Waals surface area contributed by atoms with Crippen molar-refractivity contribution in [3.8, 4) is 5.75 Å². The first-order chi connectivity index (χ1) is 19.2. The molecule has 1 aromatic carbocycles. The Balaban J connectivity index is 0.000000186. The van der Waals surface area contributed by atoms with E-state index in [0.717, 1.165) is 20.0 Å². The summed E-state index contributed by atoms with van der Waals surface area (Å²) in [7, 11) is 0. The number of pyridine rings is 4. The van der Waals surface area contributed by atoms with Crippen molar-refractivity contribution >= 4 is 83.5 Å². The zero-order valence-electron chi connectivity index (χ0n) is 20.9. The van der Waals surface area contributed by atoms with Crippen molar-refractivity contribution < 1.29 is 19.1 Å². The fraction of sp³-hybridized carbons (Fsp3) is 0.0741. The van der Waals surface area contributed by atoms with Gasteiger partial charge in [-0.2, -0.15) is 0 Å². The Hall–Kier alpha value is -4.49. The van der Waals surface area contributed by atoms with Crippen LogP contribution in [-0.2, 0) is 4.79 Å². The van der Waals surface area contributed by atoms with E-state index in [1.54, 1.807) is 67.0 Å². The fourth-order valence-corrected chi connectivity index (χ4v) is 3.83. The van der Waals surface area contributed by atoms with Crippen molar-refractivity contribution in [2.75, 3.05) is 17.2 Å². The van der Waals surface area contributed by atoms with Crippen LogP contribution in [0.3, 0.4) is 0 Å². The predicted octanol–water partition coefficient (Wildman–Crippen LogP) is 6.11. The lowest BCUT2D eigenvalue weighted by Gasteiger charge is -2.06. The number of nitrogens with zero attached hydrogens (tertiary/aromatic N) is 4. The van der Waals surface area contributed by atoms with Gasteiger partial charge in [-0.1, -0.05) is 18.2 Å². The number of anilines is 2. The molecule has 0 fully saturated rings. The Morgan fingerprint density at radius 2 is 1.30 bits per heavy atom. The Morgan fingerprint density at radius 1 is 0.750 bits per heavy atom. The highest BCUT2D eigenvalue weighted by molar-refractivity contribution is 9.10. The van der Waals surface area contributed by atoms with Crippen LogP contribution in [0, 0.1) is 0 Å². The van der Waals surface area contributed by atoms with Crippen LogP contribution in [0.5, 0.6) is 5.75 Å². The molecule has 0 aliphatic carbocycles. The normalized spacial score (nSPS) is 10.3. The Kier molecular flexibility index (Phi) is 9.65. The van der Waals surface area contributed by atoms with Crippen molar-refractivity contribution in [3.05, 3.63) is 88.1 Å². The summed E-state index contributed by atoms with van der Waals surface area (Å²) < 4.78 is 6.78. The number of aromatic nitrogens is 4. The smallest absolute Gasteiger partial charge is 0.410 e. The van der Waals surface area contributed by atoms with Gasteiger partial charge in [-0.05, 0) is 87.3 Å². The SMILES string of the molecule is CC(=O)CNC(=O)Nc1ccc2ncc(Br)cc2n1.O=C(Nc1ccc2ncc(Br)cc2n1)Oc1ccccc1. The van der Waals surface area contributed by atoms with Crippen LogP contribution >= 0.6 is 31.9 Å². The summed E-state index contributed by atoms with van der Waals surface area (Å²) in [6, 6.07) is 18.9. The fourth-order valence-electron chi connectivity index (χ4n) is 3.19. The number of benzene rings is 1. The first-order valence-corrected chi connectivity index (χ1v) is 13.3. The second-order valence-corrected chi connectivity index (χ2v) is 9.95. The number of hydrogen-bond donors (Lipinski definition) is 3. The Morgan fingerprint density at radius 3 is 1.85 bits per heavy atom. The quantitative estimate of drug-likeness (QED) is 0.204. The second kappa shape index (κ2) is 13.5. The highest BCUT2D eigenvalue weighted by atomic mass is 79.9. The van der Waals surface area contributed by atoms with Crippen LogP contribution in [0.25, 0.3) is 22.1 Å². The van der Waals surface area contributed by atoms with Gasteiger partial charge in [0.05, 0.1) is 28.6 Å². The van der Waals surface area contributed by atoms with Crippen LogP contribution < -0.4 is 20.7 Å². The summed E-state index contributed by atoms with van der Waals surface area (Å²) in [4.78, 5) is 51.0. The molecule has 202 valence electrons. The minimum Gasteiger partial charge on any atom is -0.410 e. The summed E-state index contributed by atoms with van der Waals surface area (Å²) in [5.41, 5.74) is 2.83. The molecule has 0 saturated heterocycles. The number of hydrogen-bond acceptors (Lipinski definition) is 8. The number of halogens is 2. The van der Waals surface area contributed by atoms with Gasteiger partial charge < -0.3 is 10.1 Å². The summed E-state index contributed by atoms with van der Waals surface area (Å²) in [5, 5.41) is 7.56. The van der Waals surface area contributed by atoms with Gasteiger partial charge in [0.15, 0.2) is 0 Å². The van der Waals surface area contributed by atoms with E-state index in [0.29, 0.717) is 28.4 Å². The number of ether oxygens (including phenoxy) is 1. The number of amides is 3. The number of urea groups is 1. The standard InChI is InChI=1S/C15H10BrN3O2.C12H11BrN4O2/c16-10-8-13-12(17-9-10)6-7-14(18-13)19-15(20)21-11-4-2-1-3-5-11;1-7(18)5-15-12(19)17-11-3-2-9-10(16-11)4-8(13)6-14-9/h1-9H,(H,18,19,20);2-4,6H,5H2,1H3,(H2,15,16,17,19). The van der Waals surface area contributed by atoms with Gasteiger partial charge in [-0.3, -0.25) is 25.4 Å². The molecule has 5 aromatic rings. The van der Waals surface area contributed by atoms with E-state index >= 15 is 0 Å². The zero-order valence-corrected chi connectivity index (χ0v) is 24.1. The molecule has 0 aliphatic heterocycles. The van der Waals surface area contributed by atoms with Gasteiger partial charge in [0.25, 0.3) is 0 Å². The van der Waals surface area contributed by atoms with Gasteiger partial charge >= 0.3 is 12.1 Å². The average molecular weight is 667 g/mol. The maximum absolute atomic E-state index is 11.8. The Bertz CT molecular complexity index is 1690. The monoisotopic (exact) mass is 665 g/mol. The van der Waals surface area contributed by atoms with E-state index in [1.165, 1.54) is 6.92 Å². The minimum atomic E-state index is -0.587. The molecule has 0 saturated carbocycles. The molecule has 40 heavy (non-hydrogen) atoms. The average Bonchev–Trinajstić information content (AvgIpc) is 2.92. The molecule has 0 radical (unpaired) electrons. The molecular weight excluding hydrogens is 646 g/mol. The third-order valence-corrected chi connectivity index (χ3v) is 5.80. The largest absolute Gasteiger partial charge is 0.418 e. The second-order valence-electron chi connectivity index (χ2n) is 8.11. The number of nitrogens with one attached hydrogen (secondary N) is 3. The predicted molar refractivity (Wildman–Crippen MR) is 158 cm³/mol. The summed E-state index contributed by atoms with van der Waals surface area (Å²) in [6.07, 6.45) is 2.79. The summed E-state index contributed by atoms with van der Waals surface area (Å²) in [5.74, 6) is 1.16. The summed E-state index contributed by atoms with van der Waals surface area (Å²) >= 11 is 6.65. The first kappa shape index (κ1) is 28.5. The molecule has 3 amide bonds. The zero-order chi connectivity index (χ0) is 28.5. The van der Waals surface area contributed by atoms with E-state index in [-0.39, 0.29) is 12.3 Å². The van der Waals surface area contributed by atoms with Gasteiger partial charge in [0, 0.05) is 21.3 Å². The van der Waals surface area contributed by atoms with Gasteiger partial charge in [0.1, 0.15) is 23.2 Å². The molecular formula is C27H21Br2N7O4. The lowest BCUT2D eigenvalue weighted by Crippen LogP contribution is -2.32. The highest BCUT2D eigenvalue weighted by Gasteiger charge is 2.08. The molecule has 13 heteroatoms. The topological polar surface area (TPSA) is 148 Å². The van der Waals surface area contributed by atoms with Crippen molar-refractivity contribution in [1.29, 1.82) is 0 Å². The van der Waals surface area contributed by atoms with Crippen LogP contribution in [-0.4, -0.2) is 44.4 Å². The maximum atomic E-state index is 11.8. The highest BCUT2D eigenvalue weighted by Crippen LogP contribution is 2.19. The van der Waals surface area contributed by atoms with Gasteiger partial charge in [-0.25, -0.2) is 19.6 Å². The number of Topliss-reactive ketones (excluding diaryl/α,β-unsaturated/α-hetero) is 1. The van der Waals surface area contributed by atoms with Crippen molar-refractivity contribution in [3.63, 3.8) is 0 Å². The molecule has 0 unspecified atom stereocenters. The number of rotatable bonds is 5. The van der Waals surface area contributed by atoms with E-state index in [9.17, 15) is 14.4 Å². The molecule has 4 aromatic heterocycles. The van der Waals surface area contributed by atoms with E-state index in [4.69, 9.17) is 4.74 Å². The van der Waals surface area contributed by atoms with Gasteiger partial charge in [-0.15, -0.1) is 0 Å². The van der Waals surface area contributed by atoms with E-state index in [1.807, 2.05) is 12.1 Å². The van der Waals surface area contributed by atoms with E-state index < -0.39 is 12.1 Å². The number of ketones is 1.